The highest BCUT2D eigenvalue weighted by molar-refractivity contribution is 5.62. The molecule has 1 N–H and O–H groups in total. The van der Waals surface area contributed by atoms with Crippen LogP contribution < -0.4 is 0 Å². The van der Waals surface area contributed by atoms with Crippen LogP contribution in [0.5, 0.6) is 0 Å². The van der Waals surface area contributed by atoms with Crippen LogP contribution in [0, 0.1) is 11.6 Å². The van der Waals surface area contributed by atoms with Gasteiger partial charge in [-0.15, -0.1) is 0 Å². The maximum Gasteiger partial charge on any atom is 0.180 e. The molecule has 3 aromatic heterocycles. The van der Waals surface area contributed by atoms with Gasteiger partial charge in [-0.25, -0.2) is 18.7 Å². The van der Waals surface area contributed by atoms with Crippen molar-refractivity contribution in [2.24, 2.45) is 0 Å². The molecule has 0 aliphatic carbocycles. The molecule has 0 amide bonds. The molecule has 1 aromatic carbocycles. The van der Waals surface area contributed by atoms with Crippen LogP contribution in [0.3, 0.4) is 0 Å². The van der Waals surface area contributed by atoms with Gasteiger partial charge in [0.05, 0.1) is 29.7 Å². The molecule has 31 heavy (non-hydrogen) atoms. The van der Waals surface area contributed by atoms with Crippen LogP contribution >= 0.6 is 0 Å². The number of aromatic nitrogens is 5. The Kier molecular flexibility index (Phi) is 5.60. The van der Waals surface area contributed by atoms with Crippen molar-refractivity contribution in [1.82, 2.24) is 24.9 Å². The lowest BCUT2D eigenvalue weighted by Crippen LogP contribution is -2.20. The molecular formula is C22H21F2N5O2. The lowest BCUT2D eigenvalue weighted by molar-refractivity contribution is 0.0708. The first-order valence-corrected chi connectivity index (χ1v) is 9.76. The molecule has 4 aromatic rings. The molecule has 4 rings (SSSR count). The third-order valence-electron chi connectivity index (χ3n) is 4.78. The van der Waals surface area contributed by atoms with Crippen LogP contribution in [0.1, 0.15) is 31.5 Å². The Hall–Kier alpha value is -3.46. The summed E-state index contributed by atoms with van der Waals surface area (Å²) in [7, 11) is 0. The molecule has 7 nitrogen and oxygen atoms in total. The molecule has 0 aliphatic heterocycles. The average Bonchev–Trinajstić information content (AvgIpc) is 3.38. The molecule has 0 bridgehead atoms. The molecule has 0 saturated heterocycles. The summed E-state index contributed by atoms with van der Waals surface area (Å²) in [6.45, 7) is 3.46. The summed E-state index contributed by atoms with van der Waals surface area (Å²) in [5, 5.41) is 18.4. The van der Waals surface area contributed by atoms with E-state index in [4.69, 9.17) is 4.52 Å². The van der Waals surface area contributed by atoms with E-state index in [1.807, 2.05) is 0 Å². The van der Waals surface area contributed by atoms with Crippen molar-refractivity contribution in [3.05, 3.63) is 71.8 Å². The van der Waals surface area contributed by atoms with Crippen molar-refractivity contribution < 1.29 is 18.4 Å². The van der Waals surface area contributed by atoms with Gasteiger partial charge in [0.15, 0.2) is 11.6 Å². The lowest BCUT2D eigenvalue weighted by atomic mass is 10.0. The van der Waals surface area contributed by atoms with E-state index < -0.39 is 11.4 Å². The van der Waals surface area contributed by atoms with Crippen LogP contribution in [-0.2, 0) is 13.0 Å². The second kappa shape index (κ2) is 8.35. The third-order valence-corrected chi connectivity index (χ3v) is 4.78. The van der Waals surface area contributed by atoms with Gasteiger partial charge in [-0.2, -0.15) is 5.10 Å². The molecule has 160 valence electrons. The van der Waals surface area contributed by atoms with Crippen molar-refractivity contribution in [1.29, 1.82) is 0 Å². The van der Waals surface area contributed by atoms with Gasteiger partial charge < -0.3 is 9.63 Å². The van der Waals surface area contributed by atoms with E-state index in [9.17, 15) is 13.9 Å². The second-order valence-electron chi connectivity index (χ2n) is 7.85. The predicted molar refractivity (Wildman–Crippen MR) is 109 cm³/mol. The van der Waals surface area contributed by atoms with Crippen LogP contribution in [0.25, 0.3) is 22.9 Å². The standard InChI is InChI=1S/C22H21F2N5O2/c1-22(2,30)9-7-17-16(24)12-25-21(26-17)19-11-20(18-8-10-31-28-18)29(27-19)13-14-5-3-4-6-15(14)23/h3-6,8,10-12,30H,7,9,13H2,1-2H3. The monoisotopic (exact) mass is 425 g/mol. The summed E-state index contributed by atoms with van der Waals surface area (Å²) < 4.78 is 34.9. The van der Waals surface area contributed by atoms with Gasteiger partial charge in [0.25, 0.3) is 0 Å². The molecule has 0 radical (unpaired) electrons. The van der Waals surface area contributed by atoms with E-state index in [1.54, 1.807) is 48.9 Å². The molecule has 0 aliphatic rings. The Morgan fingerprint density at radius 3 is 2.61 bits per heavy atom. The maximum absolute atomic E-state index is 14.2. The van der Waals surface area contributed by atoms with Crippen molar-refractivity contribution in [3.8, 4) is 22.9 Å². The van der Waals surface area contributed by atoms with E-state index in [1.165, 1.54) is 12.3 Å². The highest BCUT2D eigenvalue weighted by Crippen LogP contribution is 2.25. The minimum atomic E-state index is -0.945. The van der Waals surface area contributed by atoms with Crippen molar-refractivity contribution in [2.75, 3.05) is 0 Å². The van der Waals surface area contributed by atoms with Gasteiger partial charge in [-0.3, -0.25) is 4.68 Å². The van der Waals surface area contributed by atoms with Gasteiger partial charge in [-0.05, 0) is 38.8 Å². The third kappa shape index (κ3) is 4.83. The van der Waals surface area contributed by atoms with E-state index in [2.05, 4.69) is 20.2 Å². The minimum absolute atomic E-state index is 0.154. The summed E-state index contributed by atoms with van der Waals surface area (Å²) >= 11 is 0. The zero-order valence-electron chi connectivity index (χ0n) is 17.1. The summed E-state index contributed by atoms with van der Waals surface area (Å²) in [6, 6.07) is 9.79. The molecule has 0 fully saturated rings. The number of nitrogens with zero attached hydrogens (tertiary/aromatic N) is 5. The topological polar surface area (TPSA) is 89.9 Å². The zero-order valence-corrected chi connectivity index (χ0v) is 17.1. The molecular weight excluding hydrogens is 404 g/mol. The number of hydrogen-bond donors (Lipinski definition) is 1. The SMILES string of the molecule is CC(C)(O)CCc1nc(-c2cc(-c3ccon3)n(Cc3ccccc3F)n2)ncc1F. The molecule has 9 heteroatoms. The molecule has 0 unspecified atom stereocenters. The number of rotatable bonds is 7. The van der Waals surface area contributed by atoms with E-state index >= 15 is 0 Å². The van der Waals surface area contributed by atoms with Crippen LogP contribution in [0.2, 0.25) is 0 Å². The summed E-state index contributed by atoms with van der Waals surface area (Å²) in [5.74, 6) is -0.669. The van der Waals surface area contributed by atoms with Crippen molar-refractivity contribution in [3.63, 3.8) is 0 Å². The number of aliphatic hydroxyl groups is 1. The van der Waals surface area contributed by atoms with Gasteiger partial charge >= 0.3 is 0 Å². The molecule has 0 spiro atoms. The minimum Gasteiger partial charge on any atom is -0.390 e. The first-order chi connectivity index (χ1) is 14.8. The van der Waals surface area contributed by atoms with Crippen LogP contribution in [0.15, 0.2) is 53.4 Å². The number of halogens is 2. The second-order valence-corrected chi connectivity index (χ2v) is 7.85. The number of aryl methyl sites for hydroxylation is 1. The molecule has 0 atom stereocenters. The lowest BCUT2D eigenvalue weighted by Gasteiger charge is -2.16. The number of benzene rings is 1. The smallest absolute Gasteiger partial charge is 0.180 e. The van der Waals surface area contributed by atoms with Crippen LogP contribution in [-0.4, -0.2) is 35.6 Å². The Labute approximate surface area is 177 Å². The molecule has 3 heterocycles. The normalized spacial score (nSPS) is 11.8. The van der Waals surface area contributed by atoms with Gasteiger partial charge in [0, 0.05) is 11.6 Å². The van der Waals surface area contributed by atoms with Gasteiger partial charge in [0.1, 0.15) is 23.5 Å². The van der Waals surface area contributed by atoms with E-state index in [-0.39, 0.29) is 30.3 Å². The van der Waals surface area contributed by atoms with Gasteiger partial charge in [-0.1, -0.05) is 23.4 Å². The van der Waals surface area contributed by atoms with Crippen molar-refractivity contribution in [2.45, 2.75) is 38.8 Å². The number of hydrogen-bond acceptors (Lipinski definition) is 6. The predicted octanol–water partition coefficient (Wildman–Crippen LogP) is 4.03. The maximum atomic E-state index is 14.2. The van der Waals surface area contributed by atoms with Crippen LogP contribution in [0.4, 0.5) is 8.78 Å². The Balaban J connectivity index is 1.72. The van der Waals surface area contributed by atoms with E-state index in [0.29, 0.717) is 29.1 Å². The fraction of sp³-hybridized carbons (Fsp3) is 0.273. The Bertz CT molecular complexity index is 1180. The zero-order chi connectivity index (χ0) is 22.0. The highest BCUT2D eigenvalue weighted by Gasteiger charge is 2.19. The average molecular weight is 425 g/mol. The fourth-order valence-corrected chi connectivity index (χ4v) is 3.11. The first-order valence-electron chi connectivity index (χ1n) is 9.76. The van der Waals surface area contributed by atoms with Crippen molar-refractivity contribution >= 4 is 0 Å². The quantitative estimate of drug-likeness (QED) is 0.481. The summed E-state index contributed by atoms with van der Waals surface area (Å²) in [5.41, 5.74) is 1.18. The van der Waals surface area contributed by atoms with Gasteiger partial charge in [0.2, 0.25) is 0 Å². The molecule has 0 saturated carbocycles. The summed E-state index contributed by atoms with van der Waals surface area (Å²) in [4.78, 5) is 8.39. The fourth-order valence-electron chi connectivity index (χ4n) is 3.11. The van der Waals surface area contributed by atoms with E-state index in [0.717, 1.165) is 6.20 Å². The first kappa shape index (κ1) is 20.8. The summed E-state index contributed by atoms with van der Waals surface area (Å²) in [6.07, 6.45) is 3.11. The Morgan fingerprint density at radius 1 is 1.10 bits per heavy atom. The Morgan fingerprint density at radius 2 is 1.90 bits per heavy atom. The highest BCUT2D eigenvalue weighted by atomic mass is 19.1. The largest absolute Gasteiger partial charge is 0.390 e.